The summed E-state index contributed by atoms with van der Waals surface area (Å²) in [6.45, 7) is 4.93. The van der Waals surface area contributed by atoms with Gasteiger partial charge < -0.3 is 14.3 Å². The molecule has 1 N–H and O–H groups in total. The maximum atomic E-state index is 12.7. The van der Waals surface area contributed by atoms with Crippen LogP contribution in [-0.2, 0) is 9.53 Å². The molecule has 1 spiro atoms. The van der Waals surface area contributed by atoms with Gasteiger partial charge in [-0.3, -0.25) is 4.79 Å². The van der Waals surface area contributed by atoms with Gasteiger partial charge in [0, 0.05) is 12.0 Å². The minimum atomic E-state index is -0.861. The van der Waals surface area contributed by atoms with E-state index in [4.69, 9.17) is 9.15 Å². The summed E-state index contributed by atoms with van der Waals surface area (Å²) in [4.78, 5) is 12.7. The van der Waals surface area contributed by atoms with E-state index < -0.39 is 5.60 Å². The first-order valence-corrected chi connectivity index (χ1v) is 21.0. The largest absolute Gasteiger partial charge is 0.465 e. The highest BCUT2D eigenvalue weighted by molar-refractivity contribution is 5.69. The molecule has 1 aromatic rings. The van der Waals surface area contributed by atoms with Crippen LogP contribution >= 0.6 is 0 Å². The summed E-state index contributed by atoms with van der Waals surface area (Å²) in [5, 5.41) is 11.9. The van der Waals surface area contributed by atoms with E-state index in [1.807, 2.05) is 6.26 Å². The highest BCUT2D eigenvalue weighted by Crippen LogP contribution is 2.71. The summed E-state index contributed by atoms with van der Waals surface area (Å²) in [5.41, 5.74) is 0.778. The lowest BCUT2D eigenvalue weighted by atomic mass is 9.46. The fourth-order valence-electron chi connectivity index (χ4n) is 11.0. The first kappa shape index (κ1) is 37.7. The Hall–Kier alpha value is -1.55. The van der Waals surface area contributed by atoms with Crippen LogP contribution in [0.4, 0.5) is 0 Å². The third-order valence-electron chi connectivity index (χ3n) is 13.7. The highest BCUT2D eigenvalue weighted by atomic mass is 16.5. The lowest BCUT2D eigenvalue weighted by Gasteiger charge is -2.58. The van der Waals surface area contributed by atoms with Crippen molar-refractivity contribution in [3.05, 3.63) is 29.7 Å². The van der Waals surface area contributed by atoms with Crippen LogP contribution in [0.5, 0.6) is 0 Å². The van der Waals surface area contributed by atoms with Crippen LogP contribution in [0, 0.1) is 22.7 Å². The molecular weight excluding hydrogens is 592 g/mol. The minimum absolute atomic E-state index is 0.105. The van der Waals surface area contributed by atoms with Gasteiger partial charge in [0.2, 0.25) is 0 Å². The number of hydrogen-bond acceptors (Lipinski definition) is 4. The summed E-state index contributed by atoms with van der Waals surface area (Å²) < 4.78 is 11.6. The van der Waals surface area contributed by atoms with E-state index in [9.17, 15) is 9.90 Å². The third kappa shape index (κ3) is 9.61. The van der Waals surface area contributed by atoms with Crippen LogP contribution in [-0.4, -0.2) is 23.3 Å². The van der Waals surface area contributed by atoms with E-state index in [0.717, 1.165) is 57.1 Å². The van der Waals surface area contributed by atoms with E-state index in [1.165, 1.54) is 128 Å². The molecule has 48 heavy (non-hydrogen) atoms. The van der Waals surface area contributed by atoms with Gasteiger partial charge in [0.05, 0.1) is 6.26 Å². The van der Waals surface area contributed by atoms with Crippen molar-refractivity contribution in [3.8, 4) is 0 Å². The summed E-state index contributed by atoms with van der Waals surface area (Å²) in [6, 6.07) is 2.18. The van der Waals surface area contributed by atoms with E-state index in [2.05, 4.69) is 32.1 Å². The van der Waals surface area contributed by atoms with E-state index in [0.29, 0.717) is 18.3 Å². The quantitative estimate of drug-likeness (QED) is 0.0882. The second-order valence-electron chi connectivity index (χ2n) is 17.2. The first-order valence-electron chi connectivity index (χ1n) is 21.0. The highest BCUT2D eigenvalue weighted by Gasteiger charge is 2.65. The number of aliphatic hydroxyl groups is 1. The van der Waals surface area contributed by atoms with Crippen LogP contribution in [0.3, 0.4) is 0 Å². The minimum Gasteiger partial charge on any atom is -0.465 e. The molecule has 4 nitrogen and oxygen atoms in total. The molecule has 1 aromatic heterocycles. The van der Waals surface area contributed by atoms with Gasteiger partial charge in [-0.15, -0.1) is 0 Å². The van der Waals surface area contributed by atoms with Gasteiger partial charge in [-0.2, -0.15) is 0 Å². The molecule has 4 aliphatic carbocycles. The van der Waals surface area contributed by atoms with Crippen molar-refractivity contribution in [2.45, 2.75) is 205 Å². The number of esters is 1. The number of fused-ring (bicyclic) bond motifs is 5. The zero-order valence-electron chi connectivity index (χ0n) is 31.2. The number of carbonyl (C=O) groups excluding carboxylic acids is 1. The summed E-state index contributed by atoms with van der Waals surface area (Å²) in [6.07, 6.45) is 42.0. The summed E-state index contributed by atoms with van der Waals surface area (Å²) >= 11 is 0. The zero-order valence-corrected chi connectivity index (χ0v) is 31.2. The summed E-state index contributed by atoms with van der Waals surface area (Å²) in [7, 11) is 0. The van der Waals surface area contributed by atoms with Gasteiger partial charge in [-0.05, 0) is 85.7 Å². The van der Waals surface area contributed by atoms with Crippen LogP contribution in [0.15, 0.2) is 22.8 Å². The zero-order chi connectivity index (χ0) is 33.7. The standard InChI is InChI=1S/C44H72O4/c1-3-4-5-6-7-8-9-10-11-12-13-14-15-16-17-18-19-20-21-22-23-24-41(45)48-35-44(46)34-43-31-27-38-37-29-32-47-39(37)28-30-42(38,2)40(43)26-25-36(44)33-43/h28-30,32,36,38,40,46H,3-27,31,33-35H2,1-2H3/t36-,38-,40+,42-,43+,44+/m1/s1. The van der Waals surface area contributed by atoms with Crippen LogP contribution in [0.1, 0.15) is 211 Å². The smallest absolute Gasteiger partial charge is 0.305 e. The molecule has 6 atom stereocenters. The number of allylic oxidation sites excluding steroid dienone is 1. The van der Waals surface area contributed by atoms with Gasteiger partial charge in [-0.1, -0.05) is 148 Å². The molecule has 4 heteroatoms. The van der Waals surface area contributed by atoms with Crippen molar-refractivity contribution in [3.63, 3.8) is 0 Å². The van der Waals surface area contributed by atoms with Gasteiger partial charge >= 0.3 is 5.97 Å². The maximum Gasteiger partial charge on any atom is 0.305 e. The first-order chi connectivity index (χ1) is 23.4. The molecule has 3 saturated carbocycles. The molecule has 3 fully saturated rings. The van der Waals surface area contributed by atoms with Gasteiger partial charge in [0.25, 0.3) is 0 Å². The molecule has 4 aliphatic rings. The maximum absolute atomic E-state index is 12.7. The van der Waals surface area contributed by atoms with E-state index in [-0.39, 0.29) is 29.3 Å². The number of furan rings is 1. The molecule has 5 rings (SSSR count). The lowest BCUT2D eigenvalue weighted by molar-refractivity contribution is -0.154. The Morgan fingerprint density at radius 3 is 1.96 bits per heavy atom. The monoisotopic (exact) mass is 665 g/mol. The fourth-order valence-corrected chi connectivity index (χ4v) is 11.0. The number of unbranched alkanes of at least 4 members (excludes halogenated alkanes) is 20. The van der Waals surface area contributed by atoms with Crippen molar-refractivity contribution < 1.29 is 19.1 Å². The predicted octanol–water partition coefficient (Wildman–Crippen LogP) is 12.9. The Labute approximate surface area is 294 Å². The topological polar surface area (TPSA) is 59.7 Å². The Kier molecular flexibility index (Phi) is 14.6. The molecule has 1 heterocycles. The van der Waals surface area contributed by atoms with Crippen LogP contribution in [0.25, 0.3) is 6.08 Å². The molecule has 0 aromatic carbocycles. The Bertz CT molecular complexity index is 1120. The van der Waals surface area contributed by atoms with Crippen molar-refractivity contribution in [1.29, 1.82) is 0 Å². The van der Waals surface area contributed by atoms with Gasteiger partial charge in [0.15, 0.2) is 0 Å². The average molecular weight is 665 g/mol. The SMILES string of the molecule is CCCCCCCCCCCCCCCCCCCCCCCC(=O)OC[C@@]1(O)C[C@@]23CC[C@@H]4c5ccoc5C=C[C@@]4(C)[C@@H]2CC[C@@H]1C3. The molecule has 0 aliphatic heterocycles. The van der Waals surface area contributed by atoms with Crippen LogP contribution in [0.2, 0.25) is 0 Å². The second-order valence-corrected chi connectivity index (χ2v) is 17.2. The molecular formula is C44H72O4. The predicted molar refractivity (Wildman–Crippen MR) is 199 cm³/mol. The number of ether oxygens (including phenoxy) is 1. The van der Waals surface area contributed by atoms with Crippen molar-refractivity contribution in [2.24, 2.45) is 22.7 Å². The molecule has 0 radical (unpaired) electrons. The second kappa shape index (κ2) is 18.6. The van der Waals surface area contributed by atoms with Gasteiger partial charge in [-0.25, -0.2) is 0 Å². The Morgan fingerprint density at radius 1 is 0.812 bits per heavy atom. The van der Waals surface area contributed by atoms with Gasteiger partial charge in [0.1, 0.15) is 18.0 Å². The van der Waals surface area contributed by atoms with Crippen molar-refractivity contribution in [1.82, 2.24) is 0 Å². The molecule has 0 unspecified atom stereocenters. The van der Waals surface area contributed by atoms with E-state index in [1.54, 1.807) is 0 Å². The van der Waals surface area contributed by atoms with Crippen molar-refractivity contribution >= 4 is 12.0 Å². The number of hydrogen-bond donors (Lipinski definition) is 1. The molecule has 0 amide bonds. The van der Waals surface area contributed by atoms with Crippen LogP contribution < -0.4 is 0 Å². The molecule has 2 bridgehead atoms. The Morgan fingerprint density at radius 2 is 1.38 bits per heavy atom. The molecule has 0 saturated heterocycles. The lowest BCUT2D eigenvalue weighted by Crippen LogP contribution is -2.49. The summed E-state index contributed by atoms with van der Waals surface area (Å²) in [5.74, 6) is 2.23. The Balaban J connectivity index is 0.850. The average Bonchev–Trinajstić information content (AvgIpc) is 3.64. The number of carbonyl (C=O) groups is 1. The molecule has 272 valence electrons. The van der Waals surface area contributed by atoms with E-state index >= 15 is 0 Å². The third-order valence-corrected chi connectivity index (χ3v) is 13.7. The number of rotatable bonds is 24. The fraction of sp³-hybridized carbons (Fsp3) is 0.841. The normalized spacial score (nSPS) is 30.2. The van der Waals surface area contributed by atoms with Crippen molar-refractivity contribution in [2.75, 3.05) is 6.61 Å².